The number of amides is 5. The van der Waals surface area contributed by atoms with Gasteiger partial charge in [0.25, 0.3) is 5.91 Å². The lowest BCUT2D eigenvalue weighted by atomic mass is 9.43. The Morgan fingerprint density at radius 3 is 2.13 bits per heavy atom. The summed E-state index contributed by atoms with van der Waals surface area (Å²) in [5.41, 5.74) is 0.549. The third-order valence-electron chi connectivity index (χ3n) is 11.3. The number of carbonyl (C=O) groups excluding carboxylic acids is 4. The Bertz CT molecular complexity index is 1330. The average Bonchev–Trinajstić information content (AvgIpc) is 3.22. The van der Waals surface area contributed by atoms with Gasteiger partial charge in [-0.15, -0.1) is 0 Å². The predicted molar refractivity (Wildman–Crippen MR) is 170 cm³/mol. The zero-order valence-electron chi connectivity index (χ0n) is 27.3. The van der Waals surface area contributed by atoms with Crippen LogP contribution in [0.2, 0.25) is 0 Å². The molecule has 0 spiro atoms. The van der Waals surface area contributed by atoms with Gasteiger partial charge < -0.3 is 25.3 Å². The molecule has 246 valence electrons. The number of carbonyl (C=O) groups is 4. The molecule has 7 rings (SSSR count). The highest BCUT2D eigenvalue weighted by Gasteiger charge is 2.60. The van der Waals surface area contributed by atoms with Gasteiger partial charge in [-0.2, -0.15) is 0 Å². The third kappa shape index (κ3) is 6.85. The highest BCUT2D eigenvalue weighted by atomic mass is 19.1. The Morgan fingerprint density at radius 1 is 0.844 bits per heavy atom. The largest absolute Gasteiger partial charge is 0.343 e. The molecule has 4 atom stereocenters. The molecule has 10 heteroatoms. The first-order valence-corrected chi connectivity index (χ1v) is 17.1. The molecule has 4 bridgehead atoms. The zero-order valence-corrected chi connectivity index (χ0v) is 27.3. The number of benzene rings is 1. The maximum absolute atomic E-state index is 15.2. The van der Waals surface area contributed by atoms with Crippen LogP contribution in [-0.4, -0.2) is 83.3 Å². The van der Waals surface area contributed by atoms with Crippen molar-refractivity contribution in [2.75, 3.05) is 44.6 Å². The molecule has 2 unspecified atom stereocenters. The number of rotatable bonds is 6. The molecule has 0 radical (unpaired) electrons. The van der Waals surface area contributed by atoms with Crippen molar-refractivity contribution in [3.8, 4) is 0 Å². The Balaban J connectivity index is 0.999. The van der Waals surface area contributed by atoms with Gasteiger partial charge in [-0.05, 0) is 98.7 Å². The summed E-state index contributed by atoms with van der Waals surface area (Å²) in [5, 5.41) is 5.97. The summed E-state index contributed by atoms with van der Waals surface area (Å²) < 4.78 is 15.2. The van der Waals surface area contributed by atoms with Crippen LogP contribution < -0.4 is 10.6 Å². The van der Waals surface area contributed by atoms with E-state index in [4.69, 9.17) is 0 Å². The molecule has 2 N–H and O–H groups in total. The molecule has 4 saturated carbocycles. The van der Waals surface area contributed by atoms with Crippen molar-refractivity contribution in [3.05, 3.63) is 29.6 Å². The van der Waals surface area contributed by atoms with Gasteiger partial charge in [0.1, 0.15) is 5.82 Å². The smallest absolute Gasteiger partial charge is 0.319 e. The van der Waals surface area contributed by atoms with Gasteiger partial charge >= 0.3 is 6.03 Å². The fraction of sp³-hybridized carbons (Fsp3) is 0.714. The van der Waals surface area contributed by atoms with Gasteiger partial charge in [-0.25, -0.2) is 9.18 Å². The lowest BCUT2D eigenvalue weighted by Crippen LogP contribution is -2.65. The van der Waals surface area contributed by atoms with Crippen molar-refractivity contribution in [1.29, 1.82) is 0 Å². The maximum atomic E-state index is 15.2. The van der Waals surface area contributed by atoms with E-state index in [0.29, 0.717) is 64.4 Å². The normalized spacial score (nSPS) is 31.5. The molecule has 6 aliphatic rings. The van der Waals surface area contributed by atoms with Crippen molar-refractivity contribution in [2.45, 2.75) is 96.9 Å². The molecular weight excluding hydrogens is 573 g/mol. The SMILES string of the molecule is CCC(=O)N1CCC(CC(=O)N2CCCN(C(=O)c3ccc(NC(=O)NC45CC6C[C@@](C)(C4)C[C@](C)(C6)C5)c(F)c3)CC2)CC1. The molecule has 9 nitrogen and oxygen atoms in total. The minimum Gasteiger partial charge on any atom is -0.343 e. The van der Waals surface area contributed by atoms with Crippen LogP contribution in [0.5, 0.6) is 0 Å². The summed E-state index contributed by atoms with van der Waals surface area (Å²) in [5.74, 6) is 0.257. The maximum Gasteiger partial charge on any atom is 0.319 e. The molecule has 2 aliphatic heterocycles. The fourth-order valence-corrected chi connectivity index (χ4v) is 10.3. The average molecular weight is 624 g/mol. The number of piperidine rings is 1. The van der Waals surface area contributed by atoms with Gasteiger partial charge in [0.15, 0.2) is 0 Å². The molecule has 4 aliphatic carbocycles. The second kappa shape index (κ2) is 12.2. The summed E-state index contributed by atoms with van der Waals surface area (Å²) in [6.07, 6.45) is 9.90. The second-order valence-electron chi connectivity index (χ2n) is 15.6. The Morgan fingerprint density at radius 2 is 1.49 bits per heavy atom. The standard InChI is InChI=1S/C35H50FN5O4/c1-4-29(42)40-12-8-24(9-13-40)16-30(43)39-10-5-11-41(15-14-39)31(44)26-6-7-28(27(36)17-26)37-32(45)38-35-20-25-18-33(2,22-35)21-34(3,19-25)23-35/h6-7,17,24-25H,4-5,8-16,18-23H2,1-3H3,(H2,37,38,45)/t25?,33-,34+,35?. The Hall–Kier alpha value is -3.17. The van der Waals surface area contributed by atoms with E-state index in [-0.39, 0.29) is 57.3 Å². The molecule has 6 fully saturated rings. The van der Waals surface area contributed by atoms with Crippen molar-refractivity contribution in [3.63, 3.8) is 0 Å². The van der Waals surface area contributed by atoms with E-state index in [1.165, 1.54) is 31.4 Å². The quantitative estimate of drug-likeness (QED) is 0.443. The van der Waals surface area contributed by atoms with Gasteiger partial charge in [0, 0.05) is 63.2 Å². The number of likely N-dealkylation sites (tertiary alicyclic amines) is 1. The van der Waals surface area contributed by atoms with E-state index in [2.05, 4.69) is 24.5 Å². The van der Waals surface area contributed by atoms with Crippen LogP contribution in [0, 0.1) is 28.5 Å². The number of nitrogens with zero attached hydrogens (tertiary/aromatic N) is 3. The van der Waals surface area contributed by atoms with Crippen LogP contribution in [0.3, 0.4) is 0 Å². The molecule has 0 aromatic heterocycles. The van der Waals surface area contributed by atoms with E-state index >= 15 is 4.39 Å². The number of urea groups is 1. The first-order chi connectivity index (χ1) is 21.4. The van der Waals surface area contributed by atoms with E-state index in [9.17, 15) is 19.2 Å². The molecule has 2 heterocycles. The topological polar surface area (TPSA) is 102 Å². The van der Waals surface area contributed by atoms with Crippen LogP contribution in [0.4, 0.5) is 14.9 Å². The first kappa shape index (κ1) is 31.8. The van der Waals surface area contributed by atoms with E-state index in [1.54, 1.807) is 11.0 Å². The lowest BCUT2D eigenvalue weighted by molar-refractivity contribution is -0.134. The van der Waals surface area contributed by atoms with E-state index < -0.39 is 5.82 Å². The number of halogens is 1. The lowest BCUT2D eigenvalue weighted by Gasteiger charge is -2.65. The molecule has 1 aromatic rings. The third-order valence-corrected chi connectivity index (χ3v) is 11.3. The van der Waals surface area contributed by atoms with Crippen molar-refractivity contribution in [1.82, 2.24) is 20.0 Å². The van der Waals surface area contributed by atoms with E-state index in [1.807, 2.05) is 16.7 Å². The molecule has 5 amide bonds. The Kier molecular flexibility index (Phi) is 8.63. The fourth-order valence-electron chi connectivity index (χ4n) is 10.3. The second-order valence-corrected chi connectivity index (χ2v) is 15.6. The Labute approximate surface area is 266 Å². The van der Waals surface area contributed by atoms with Gasteiger partial charge in [0.05, 0.1) is 5.69 Å². The van der Waals surface area contributed by atoms with Crippen LogP contribution in [0.15, 0.2) is 18.2 Å². The van der Waals surface area contributed by atoms with Gasteiger partial charge in [0.2, 0.25) is 11.8 Å². The summed E-state index contributed by atoms with van der Waals surface area (Å²) in [4.78, 5) is 56.9. The number of anilines is 1. The van der Waals surface area contributed by atoms with Crippen LogP contribution in [0.25, 0.3) is 0 Å². The number of nitrogens with one attached hydrogen (secondary N) is 2. The number of hydrogen-bond acceptors (Lipinski definition) is 4. The van der Waals surface area contributed by atoms with Crippen molar-refractivity contribution < 1.29 is 23.6 Å². The monoisotopic (exact) mass is 623 g/mol. The summed E-state index contributed by atoms with van der Waals surface area (Å²) >= 11 is 0. The minimum absolute atomic E-state index is 0.0590. The zero-order chi connectivity index (χ0) is 32.0. The molecule has 45 heavy (non-hydrogen) atoms. The summed E-state index contributed by atoms with van der Waals surface area (Å²) in [6.45, 7) is 9.90. The summed E-state index contributed by atoms with van der Waals surface area (Å²) in [6, 6.07) is 3.85. The van der Waals surface area contributed by atoms with Crippen LogP contribution in [-0.2, 0) is 9.59 Å². The van der Waals surface area contributed by atoms with Crippen molar-refractivity contribution >= 4 is 29.4 Å². The summed E-state index contributed by atoms with van der Waals surface area (Å²) in [7, 11) is 0. The first-order valence-electron chi connectivity index (χ1n) is 17.1. The van der Waals surface area contributed by atoms with Gasteiger partial charge in [-0.1, -0.05) is 20.8 Å². The predicted octanol–water partition coefficient (Wildman–Crippen LogP) is 5.41. The van der Waals surface area contributed by atoms with Crippen molar-refractivity contribution in [2.24, 2.45) is 22.7 Å². The molecule has 1 aromatic carbocycles. The van der Waals surface area contributed by atoms with Crippen LogP contribution in [0.1, 0.15) is 102 Å². The highest BCUT2D eigenvalue weighted by Crippen LogP contribution is 2.66. The molecular formula is C35H50FN5O4. The molecule has 2 saturated heterocycles. The van der Waals surface area contributed by atoms with Crippen LogP contribution >= 0.6 is 0 Å². The van der Waals surface area contributed by atoms with Gasteiger partial charge in [-0.3, -0.25) is 14.4 Å². The highest BCUT2D eigenvalue weighted by molar-refractivity contribution is 5.96. The number of hydrogen-bond donors (Lipinski definition) is 2. The minimum atomic E-state index is -0.640. The van der Waals surface area contributed by atoms with E-state index in [0.717, 1.165) is 32.1 Å².